The van der Waals surface area contributed by atoms with Crippen molar-refractivity contribution < 1.29 is 5.11 Å². The van der Waals surface area contributed by atoms with Gasteiger partial charge in [-0.2, -0.15) is 5.21 Å². The number of tetrazole rings is 1. The maximum atomic E-state index is 11.1. The van der Waals surface area contributed by atoms with Crippen molar-refractivity contribution in [1.29, 1.82) is 0 Å². The Morgan fingerprint density at radius 3 is 2.80 bits per heavy atom. The van der Waals surface area contributed by atoms with Crippen LogP contribution in [0, 0.1) is 17.8 Å². The molecule has 5 rings (SSSR count). The molecule has 0 aliphatic heterocycles. The Labute approximate surface area is 176 Å². The van der Waals surface area contributed by atoms with E-state index in [2.05, 4.69) is 81.0 Å². The molecule has 5 nitrogen and oxygen atoms in total. The van der Waals surface area contributed by atoms with Gasteiger partial charge in [0.05, 0.1) is 0 Å². The maximum absolute atomic E-state index is 11.1. The van der Waals surface area contributed by atoms with Crippen LogP contribution in [0.1, 0.15) is 49.3 Å². The molecule has 5 heteroatoms. The predicted molar refractivity (Wildman–Crippen MR) is 115 cm³/mol. The minimum atomic E-state index is -0.859. The summed E-state index contributed by atoms with van der Waals surface area (Å²) in [6.07, 6.45) is 5.44. The Morgan fingerprint density at radius 2 is 2.03 bits per heavy atom. The van der Waals surface area contributed by atoms with E-state index in [4.69, 9.17) is 0 Å². The molecule has 0 saturated heterocycles. The van der Waals surface area contributed by atoms with E-state index >= 15 is 0 Å². The summed E-state index contributed by atoms with van der Waals surface area (Å²) in [5.41, 5.74) is 4.30. The van der Waals surface area contributed by atoms with Crippen LogP contribution >= 0.6 is 0 Å². The molecule has 30 heavy (non-hydrogen) atoms. The van der Waals surface area contributed by atoms with Gasteiger partial charge in [0, 0.05) is 11.0 Å². The number of rotatable bonds is 3. The summed E-state index contributed by atoms with van der Waals surface area (Å²) in [7, 11) is 0. The third kappa shape index (κ3) is 3.22. The number of aromatic amines is 1. The van der Waals surface area contributed by atoms with E-state index in [0.717, 1.165) is 37.7 Å². The summed E-state index contributed by atoms with van der Waals surface area (Å²) in [6, 6.07) is 17.4. The molecule has 2 aromatic carbocycles. The molecule has 3 aromatic rings. The van der Waals surface area contributed by atoms with Gasteiger partial charge in [0.1, 0.15) is 5.60 Å². The monoisotopic (exact) mass is 398 g/mol. The molecule has 2 aliphatic rings. The van der Waals surface area contributed by atoms with Gasteiger partial charge in [0.15, 0.2) is 0 Å². The minimum Gasteiger partial charge on any atom is -0.378 e. The lowest BCUT2D eigenvalue weighted by Gasteiger charge is -2.52. The van der Waals surface area contributed by atoms with Crippen molar-refractivity contribution >= 4 is 0 Å². The van der Waals surface area contributed by atoms with Crippen LogP contribution in [0.4, 0.5) is 0 Å². The molecule has 3 atom stereocenters. The predicted octanol–water partition coefficient (Wildman–Crippen LogP) is 3.85. The van der Waals surface area contributed by atoms with Gasteiger partial charge >= 0.3 is 0 Å². The Kier molecular flexibility index (Phi) is 4.67. The quantitative estimate of drug-likeness (QED) is 0.657. The molecule has 0 amide bonds. The zero-order chi connectivity index (χ0) is 20.6. The zero-order valence-electron chi connectivity index (χ0n) is 17.2. The molecule has 2 aliphatic carbocycles. The highest BCUT2D eigenvalue weighted by Gasteiger charge is 2.51. The van der Waals surface area contributed by atoms with E-state index in [1.165, 1.54) is 16.7 Å². The summed E-state index contributed by atoms with van der Waals surface area (Å²) in [4.78, 5) is 0. The van der Waals surface area contributed by atoms with Crippen LogP contribution in [0.15, 0.2) is 48.5 Å². The number of benzene rings is 2. The second-order valence-corrected chi connectivity index (χ2v) is 8.77. The molecule has 2 N–H and O–H groups in total. The average molecular weight is 399 g/mol. The van der Waals surface area contributed by atoms with Crippen molar-refractivity contribution in [2.24, 2.45) is 5.92 Å². The van der Waals surface area contributed by atoms with Gasteiger partial charge in [-0.05, 0) is 79.3 Å². The van der Waals surface area contributed by atoms with Crippen molar-refractivity contribution in [2.75, 3.05) is 0 Å². The third-order valence-corrected chi connectivity index (χ3v) is 7.08. The van der Waals surface area contributed by atoms with Crippen LogP contribution in [0.3, 0.4) is 0 Å². The first kappa shape index (κ1) is 19.0. The fourth-order valence-electron chi connectivity index (χ4n) is 5.75. The van der Waals surface area contributed by atoms with E-state index < -0.39 is 5.60 Å². The number of H-pyrrole nitrogens is 1. The SMILES string of the molecule is CC#C[C@@]1(O)CC[C@@]2(Cc3ccccc3)c3ccc(-c4nn[nH]n4)cc3CC[C@@H]2C1. The topological polar surface area (TPSA) is 74.7 Å². The fraction of sp³-hybridized carbons (Fsp3) is 0.400. The standard InChI is InChI=1S/C25H26N4O/c1-2-12-24(30)13-14-25(16-18-6-4-3-5-7-18)21(17-24)10-8-19-15-20(9-11-22(19)25)23-26-28-29-27-23/h3-7,9,11,15,21,30H,8,10,13-14,16-17H2,1H3,(H,26,27,28,29)/t21-,24-,25+/m1/s1. The highest BCUT2D eigenvalue weighted by molar-refractivity contribution is 5.58. The van der Waals surface area contributed by atoms with Crippen LogP contribution in [0.25, 0.3) is 11.4 Å². The van der Waals surface area contributed by atoms with Gasteiger partial charge in [-0.1, -0.05) is 48.4 Å². The van der Waals surface area contributed by atoms with Gasteiger partial charge < -0.3 is 5.11 Å². The molecule has 152 valence electrons. The van der Waals surface area contributed by atoms with Crippen LogP contribution in [-0.4, -0.2) is 31.3 Å². The van der Waals surface area contributed by atoms with Gasteiger partial charge in [0.25, 0.3) is 0 Å². The van der Waals surface area contributed by atoms with E-state index in [9.17, 15) is 5.11 Å². The van der Waals surface area contributed by atoms with Crippen LogP contribution in [0.2, 0.25) is 0 Å². The summed E-state index contributed by atoms with van der Waals surface area (Å²) >= 11 is 0. The number of aryl methyl sites for hydroxylation is 1. The lowest BCUT2D eigenvalue weighted by atomic mass is 9.52. The number of hydrogen-bond donors (Lipinski definition) is 2. The van der Waals surface area contributed by atoms with E-state index in [1.54, 1.807) is 0 Å². The first-order valence-electron chi connectivity index (χ1n) is 10.7. The molecule has 0 spiro atoms. The summed E-state index contributed by atoms with van der Waals surface area (Å²) in [5.74, 6) is 7.10. The highest BCUT2D eigenvalue weighted by Crippen LogP contribution is 2.54. The molecule has 1 fully saturated rings. The van der Waals surface area contributed by atoms with Crippen molar-refractivity contribution in [3.05, 3.63) is 65.2 Å². The number of hydrogen-bond acceptors (Lipinski definition) is 4. The normalized spacial score (nSPS) is 27.5. The van der Waals surface area contributed by atoms with Gasteiger partial charge in [-0.25, -0.2) is 0 Å². The lowest BCUT2D eigenvalue weighted by molar-refractivity contribution is -0.00800. The smallest absolute Gasteiger partial charge is 0.204 e. The largest absolute Gasteiger partial charge is 0.378 e. The number of fused-ring (bicyclic) bond motifs is 3. The second kappa shape index (κ2) is 7.37. The summed E-state index contributed by atoms with van der Waals surface area (Å²) < 4.78 is 0. The number of nitrogens with one attached hydrogen (secondary N) is 1. The first-order chi connectivity index (χ1) is 14.6. The Balaban J connectivity index is 1.59. The molecule has 1 saturated carbocycles. The summed E-state index contributed by atoms with van der Waals surface area (Å²) in [6.45, 7) is 1.82. The Hall–Kier alpha value is -2.97. The van der Waals surface area contributed by atoms with Crippen LogP contribution < -0.4 is 0 Å². The molecule has 1 aromatic heterocycles. The Bertz CT molecular complexity index is 1100. The van der Waals surface area contributed by atoms with Crippen LogP contribution in [0.5, 0.6) is 0 Å². The zero-order valence-corrected chi connectivity index (χ0v) is 17.2. The van der Waals surface area contributed by atoms with E-state index in [1.807, 2.05) is 6.92 Å². The molecular formula is C25H26N4O. The second-order valence-electron chi connectivity index (χ2n) is 8.77. The van der Waals surface area contributed by atoms with Crippen molar-refractivity contribution in [3.63, 3.8) is 0 Å². The van der Waals surface area contributed by atoms with Crippen molar-refractivity contribution in [3.8, 4) is 23.2 Å². The summed E-state index contributed by atoms with van der Waals surface area (Å²) in [5, 5.41) is 25.6. The maximum Gasteiger partial charge on any atom is 0.204 e. The molecule has 0 bridgehead atoms. The Morgan fingerprint density at radius 1 is 1.17 bits per heavy atom. The van der Waals surface area contributed by atoms with Gasteiger partial charge in [-0.15, -0.1) is 16.1 Å². The van der Waals surface area contributed by atoms with Crippen molar-refractivity contribution in [1.82, 2.24) is 20.6 Å². The van der Waals surface area contributed by atoms with Crippen LogP contribution in [-0.2, 0) is 18.3 Å². The number of nitrogens with zero attached hydrogens (tertiary/aromatic N) is 3. The number of aliphatic hydroxyl groups is 1. The fourth-order valence-corrected chi connectivity index (χ4v) is 5.75. The lowest BCUT2D eigenvalue weighted by Crippen LogP contribution is -2.50. The van der Waals surface area contributed by atoms with E-state index in [-0.39, 0.29) is 5.41 Å². The number of aromatic nitrogens is 4. The molecular weight excluding hydrogens is 372 g/mol. The van der Waals surface area contributed by atoms with Gasteiger partial charge in [-0.3, -0.25) is 0 Å². The van der Waals surface area contributed by atoms with Crippen molar-refractivity contribution in [2.45, 2.75) is 56.5 Å². The minimum absolute atomic E-state index is 0.0202. The average Bonchev–Trinajstić information content (AvgIpc) is 3.30. The molecule has 0 unspecified atom stereocenters. The third-order valence-electron chi connectivity index (χ3n) is 7.08. The molecule has 1 heterocycles. The highest BCUT2D eigenvalue weighted by atomic mass is 16.3. The first-order valence-corrected chi connectivity index (χ1v) is 10.7. The van der Waals surface area contributed by atoms with Gasteiger partial charge in [0.2, 0.25) is 5.82 Å². The van der Waals surface area contributed by atoms with E-state index in [0.29, 0.717) is 18.2 Å². The molecule has 0 radical (unpaired) electrons.